The molecule has 0 radical (unpaired) electrons. The van der Waals surface area contributed by atoms with Crippen molar-refractivity contribution in [3.63, 3.8) is 0 Å². The van der Waals surface area contributed by atoms with E-state index in [2.05, 4.69) is 41.1 Å². The van der Waals surface area contributed by atoms with Crippen LogP contribution in [0.3, 0.4) is 0 Å². The fourth-order valence-corrected chi connectivity index (χ4v) is 2.55. The Balaban J connectivity index is 2.33. The largest absolute Gasteiger partial charge is 0.491 e. The highest BCUT2D eigenvalue weighted by Gasteiger charge is 2.52. The van der Waals surface area contributed by atoms with E-state index in [1.807, 2.05) is 33.8 Å². The van der Waals surface area contributed by atoms with Gasteiger partial charge >= 0.3 is 7.12 Å². The lowest BCUT2D eigenvalue weighted by Crippen LogP contribution is -2.41. The van der Waals surface area contributed by atoms with Crippen molar-refractivity contribution in [2.75, 3.05) is 6.54 Å². The molecule has 114 valence electrons. The Morgan fingerprint density at radius 1 is 1.24 bits per heavy atom. The van der Waals surface area contributed by atoms with Crippen molar-refractivity contribution in [2.45, 2.75) is 45.8 Å². The fraction of sp³-hybridized carbons (Fsp3) is 0.500. The molecule has 1 aliphatic heterocycles. The summed E-state index contributed by atoms with van der Waals surface area (Å²) >= 11 is 3.57. The maximum Gasteiger partial charge on any atom is 0.491 e. The first-order chi connectivity index (χ1) is 9.66. The van der Waals surface area contributed by atoms with Crippen molar-refractivity contribution >= 4 is 29.1 Å². The summed E-state index contributed by atoms with van der Waals surface area (Å²) in [6.07, 6.45) is 2.05. The molecule has 1 aromatic carbocycles. The number of aryl methyl sites for hydroxylation is 1. The zero-order valence-corrected chi connectivity index (χ0v) is 15.0. The molecule has 1 heterocycles. The van der Waals surface area contributed by atoms with E-state index in [1.54, 1.807) is 0 Å². The molecule has 0 aliphatic carbocycles. The molecule has 1 aromatic rings. The molecule has 1 fully saturated rings. The molecular weight excluding hydrogens is 329 g/mol. The van der Waals surface area contributed by atoms with Crippen molar-refractivity contribution in [1.82, 2.24) is 0 Å². The van der Waals surface area contributed by atoms with E-state index in [4.69, 9.17) is 15.0 Å². The Morgan fingerprint density at radius 3 is 2.33 bits per heavy atom. The van der Waals surface area contributed by atoms with Gasteiger partial charge in [-0.3, -0.25) is 0 Å². The van der Waals surface area contributed by atoms with Gasteiger partial charge in [-0.2, -0.15) is 0 Å². The highest BCUT2D eigenvalue weighted by Crippen LogP contribution is 2.38. The summed E-state index contributed by atoms with van der Waals surface area (Å²) in [5, 5.41) is 0. The molecule has 0 saturated carbocycles. The molecule has 0 amide bonds. The number of hydrogen-bond acceptors (Lipinski definition) is 3. The van der Waals surface area contributed by atoms with Crippen LogP contribution in [0.25, 0.3) is 6.08 Å². The second-order valence-corrected chi connectivity index (χ2v) is 7.39. The van der Waals surface area contributed by atoms with Gasteiger partial charge < -0.3 is 15.0 Å². The summed E-state index contributed by atoms with van der Waals surface area (Å²) in [5.41, 5.74) is 8.46. The average molecular weight is 352 g/mol. The summed E-state index contributed by atoms with van der Waals surface area (Å²) < 4.78 is 13.2. The molecule has 0 aromatic heterocycles. The van der Waals surface area contributed by atoms with Crippen molar-refractivity contribution < 1.29 is 9.31 Å². The summed E-state index contributed by atoms with van der Waals surface area (Å²) in [5.74, 6) is 0. The van der Waals surface area contributed by atoms with Crippen LogP contribution in [0.5, 0.6) is 0 Å². The van der Waals surface area contributed by atoms with Crippen LogP contribution in [0.2, 0.25) is 0 Å². The third kappa shape index (κ3) is 3.42. The molecule has 2 N–H and O–H groups in total. The van der Waals surface area contributed by atoms with E-state index in [0.29, 0.717) is 6.54 Å². The molecule has 3 nitrogen and oxygen atoms in total. The SMILES string of the molecule is Cc1ccc(Br)c(C=C(CN)B2OC(C)(C)C(C)(C)O2)c1. The molecule has 1 saturated heterocycles. The van der Waals surface area contributed by atoms with Gasteiger partial charge in [-0.05, 0) is 51.7 Å². The van der Waals surface area contributed by atoms with E-state index in [0.717, 1.165) is 15.5 Å². The zero-order valence-electron chi connectivity index (χ0n) is 13.4. The minimum absolute atomic E-state index is 0.351. The van der Waals surface area contributed by atoms with E-state index in [9.17, 15) is 0 Å². The third-order valence-corrected chi connectivity index (χ3v) is 5.01. The molecule has 0 bridgehead atoms. The van der Waals surface area contributed by atoms with Gasteiger partial charge in [-0.25, -0.2) is 0 Å². The van der Waals surface area contributed by atoms with Gasteiger partial charge in [0.05, 0.1) is 11.2 Å². The first-order valence-corrected chi connectivity index (χ1v) is 7.98. The van der Waals surface area contributed by atoms with E-state index < -0.39 is 7.12 Å². The van der Waals surface area contributed by atoms with Gasteiger partial charge in [0, 0.05) is 11.0 Å². The Hall–Kier alpha value is -0.615. The number of rotatable bonds is 3. The van der Waals surface area contributed by atoms with Gasteiger partial charge in [0.15, 0.2) is 0 Å². The average Bonchev–Trinajstić information content (AvgIpc) is 2.59. The van der Waals surface area contributed by atoms with Gasteiger partial charge in [-0.15, -0.1) is 0 Å². The monoisotopic (exact) mass is 351 g/mol. The lowest BCUT2D eigenvalue weighted by Gasteiger charge is -2.32. The highest BCUT2D eigenvalue weighted by atomic mass is 79.9. The Kier molecular flexibility index (Phi) is 4.69. The highest BCUT2D eigenvalue weighted by molar-refractivity contribution is 9.10. The molecule has 21 heavy (non-hydrogen) atoms. The molecule has 0 unspecified atom stereocenters. The van der Waals surface area contributed by atoms with Crippen LogP contribution in [0.1, 0.15) is 38.8 Å². The van der Waals surface area contributed by atoms with Crippen LogP contribution in [0.15, 0.2) is 28.1 Å². The first kappa shape index (κ1) is 16.8. The standard InChI is InChI=1S/C16H23BBrNO2/c1-11-6-7-14(18)12(8-11)9-13(10-19)17-20-15(2,3)16(4,5)21-17/h6-9H,10,19H2,1-5H3. The zero-order chi connectivity index (χ0) is 15.8. The topological polar surface area (TPSA) is 44.5 Å². The predicted molar refractivity (Wildman–Crippen MR) is 92.0 cm³/mol. The minimum Gasteiger partial charge on any atom is -0.400 e. The lowest BCUT2D eigenvalue weighted by atomic mass is 9.77. The summed E-state index contributed by atoms with van der Waals surface area (Å²) in [4.78, 5) is 0. The lowest BCUT2D eigenvalue weighted by molar-refractivity contribution is 0.00578. The summed E-state index contributed by atoms with van der Waals surface area (Å²) in [6.45, 7) is 10.7. The normalized spacial score (nSPS) is 20.9. The Morgan fingerprint density at radius 2 is 1.81 bits per heavy atom. The molecule has 0 spiro atoms. The van der Waals surface area contributed by atoms with Crippen molar-refractivity contribution in [3.8, 4) is 0 Å². The number of halogens is 1. The predicted octanol–water partition coefficient (Wildman–Crippen LogP) is 3.73. The maximum absolute atomic E-state index is 6.07. The van der Waals surface area contributed by atoms with Crippen LogP contribution in [-0.2, 0) is 9.31 Å². The van der Waals surface area contributed by atoms with Gasteiger partial charge in [-0.1, -0.05) is 39.7 Å². The number of hydrogen-bond donors (Lipinski definition) is 1. The van der Waals surface area contributed by atoms with Crippen LogP contribution in [0, 0.1) is 6.92 Å². The fourth-order valence-electron chi connectivity index (χ4n) is 2.19. The van der Waals surface area contributed by atoms with Crippen LogP contribution >= 0.6 is 15.9 Å². The van der Waals surface area contributed by atoms with E-state index >= 15 is 0 Å². The molecule has 0 atom stereocenters. The molecule has 5 heteroatoms. The van der Waals surface area contributed by atoms with Gasteiger partial charge in [0.2, 0.25) is 0 Å². The second kappa shape index (κ2) is 5.88. The van der Waals surface area contributed by atoms with Crippen LogP contribution in [0.4, 0.5) is 0 Å². The molecule has 2 rings (SSSR count). The van der Waals surface area contributed by atoms with Crippen molar-refractivity contribution in [1.29, 1.82) is 0 Å². The van der Waals surface area contributed by atoms with Gasteiger partial charge in [0.1, 0.15) is 0 Å². The Labute approximate surface area is 136 Å². The van der Waals surface area contributed by atoms with E-state index in [1.165, 1.54) is 5.56 Å². The van der Waals surface area contributed by atoms with Crippen molar-refractivity contribution in [3.05, 3.63) is 39.3 Å². The van der Waals surface area contributed by atoms with Crippen LogP contribution < -0.4 is 5.73 Å². The number of nitrogens with two attached hydrogens (primary N) is 1. The molecule has 1 aliphatic rings. The van der Waals surface area contributed by atoms with E-state index in [-0.39, 0.29) is 11.2 Å². The molecular formula is C16H23BBrNO2. The quantitative estimate of drug-likeness (QED) is 0.844. The third-order valence-electron chi connectivity index (χ3n) is 4.28. The van der Waals surface area contributed by atoms with Crippen molar-refractivity contribution in [2.24, 2.45) is 5.73 Å². The summed E-state index contributed by atoms with van der Waals surface area (Å²) in [7, 11) is -0.396. The maximum atomic E-state index is 6.07. The first-order valence-electron chi connectivity index (χ1n) is 7.18. The number of benzene rings is 1. The van der Waals surface area contributed by atoms with Gasteiger partial charge in [0.25, 0.3) is 0 Å². The minimum atomic E-state index is -0.396. The smallest absolute Gasteiger partial charge is 0.400 e. The summed E-state index contributed by atoms with van der Waals surface area (Å²) in [6, 6.07) is 6.23. The second-order valence-electron chi connectivity index (χ2n) is 6.54. The Bertz CT molecular complexity index is 553. The van der Waals surface area contributed by atoms with Crippen LogP contribution in [-0.4, -0.2) is 24.9 Å².